The lowest BCUT2D eigenvalue weighted by Crippen LogP contribution is -2.38. The maximum Gasteiger partial charge on any atom is 0.264 e. The second kappa shape index (κ2) is 11.4. The fourth-order valence-electron chi connectivity index (χ4n) is 3.58. The maximum atomic E-state index is 13.5. The number of rotatable bonds is 9. The van der Waals surface area contributed by atoms with Gasteiger partial charge in [-0.15, -0.1) is 0 Å². The number of ether oxygens (including phenoxy) is 2. The molecule has 0 fully saturated rings. The summed E-state index contributed by atoms with van der Waals surface area (Å²) in [4.78, 5) is 13.3. The molecule has 0 bridgehead atoms. The molecule has 0 atom stereocenters. The topological polar surface area (TPSA) is 84.9 Å². The number of nitrogens with one attached hydrogen (secondary N) is 1. The van der Waals surface area contributed by atoms with Crippen LogP contribution in [-0.4, -0.2) is 28.0 Å². The number of carbonyl (C=O) groups excluding carboxylic acids is 1. The molecule has 0 spiro atoms. The van der Waals surface area contributed by atoms with Crippen molar-refractivity contribution in [2.24, 2.45) is 0 Å². The van der Waals surface area contributed by atoms with Gasteiger partial charge in [0.05, 0.1) is 23.4 Å². The summed E-state index contributed by atoms with van der Waals surface area (Å²) in [7, 11) is -2.50. The van der Waals surface area contributed by atoms with Crippen LogP contribution in [0.3, 0.4) is 0 Å². The molecule has 0 aromatic heterocycles. The number of anilines is 2. The molecule has 1 amide bonds. The Labute approximate surface area is 221 Å². The molecule has 9 heteroatoms. The summed E-state index contributed by atoms with van der Waals surface area (Å²) in [6.45, 7) is 1.43. The molecule has 4 aromatic carbocycles. The lowest BCUT2D eigenvalue weighted by Gasteiger charge is -2.24. The molecule has 0 aliphatic carbocycles. The van der Waals surface area contributed by atoms with E-state index in [0.717, 1.165) is 9.87 Å². The lowest BCUT2D eigenvalue weighted by atomic mass is 10.2. The number of hydrogen-bond donors (Lipinski definition) is 1. The van der Waals surface area contributed by atoms with Crippen LogP contribution in [0.15, 0.2) is 102 Å². The van der Waals surface area contributed by atoms with Gasteiger partial charge in [-0.1, -0.05) is 59.6 Å². The van der Waals surface area contributed by atoms with Gasteiger partial charge < -0.3 is 14.8 Å². The van der Waals surface area contributed by atoms with Gasteiger partial charge in [0.1, 0.15) is 6.54 Å². The Morgan fingerprint density at radius 2 is 1.51 bits per heavy atom. The molecular formula is C28H25ClN2O5S. The van der Waals surface area contributed by atoms with Gasteiger partial charge in [-0.2, -0.15) is 0 Å². The van der Waals surface area contributed by atoms with E-state index in [1.54, 1.807) is 72.8 Å². The minimum Gasteiger partial charge on any atom is -0.493 e. The monoisotopic (exact) mass is 536 g/mol. The van der Waals surface area contributed by atoms with E-state index in [1.807, 2.05) is 13.0 Å². The second-order valence-corrected chi connectivity index (χ2v) is 10.4. The van der Waals surface area contributed by atoms with Crippen molar-refractivity contribution in [2.45, 2.75) is 11.8 Å². The molecule has 1 N–H and O–H groups in total. The average molecular weight is 537 g/mol. The summed E-state index contributed by atoms with van der Waals surface area (Å²) in [5, 5.41) is 3.12. The van der Waals surface area contributed by atoms with Crippen LogP contribution in [0.1, 0.15) is 5.56 Å². The van der Waals surface area contributed by atoms with Gasteiger partial charge in [0.25, 0.3) is 10.0 Å². The highest BCUT2D eigenvalue weighted by atomic mass is 35.5. The predicted octanol–water partition coefficient (Wildman–Crippen LogP) is 6.28. The van der Waals surface area contributed by atoms with Crippen molar-refractivity contribution in [1.82, 2.24) is 0 Å². The largest absolute Gasteiger partial charge is 0.493 e. The fourth-order valence-corrected chi connectivity index (χ4v) is 5.19. The highest BCUT2D eigenvalue weighted by molar-refractivity contribution is 7.92. The summed E-state index contributed by atoms with van der Waals surface area (Å²) < 4.78 is 39.5. The molecule has 0 aliphatic heterocycles. The first-order chi connectivity index (χ1) is 17.8. The third kappa shape index (κ3) is 6.22. The molecule has 0 saturated heterocycles. The van der Waals surface area contributed by atoms with E-state index in [1.165, 1.54) is 25.3 Å². The van der Waals surface area contributed by atoms with Gasteiger partial charge in [-0.3, -0.25) is 9.10 Å². The minimum absolute atomic E-state index is 0.0753. The van der Waals surface area contributed by atoms with E-state index < -0.39 is 22.5 Å². The smallest absolute Gasteiger partial charge is 0.264 e. The Balaban J connectivity index is 1.64. The molecule has 37 heavy (non-hydrogen) atoms. The zero-order valence-electron chi connectivity index (χ0n) is 20.2. The molecule has 0 unspecified atom stereocenters. The van der Waals surface area contributed by atoms with Crippen LogP contribution in [0.4, 0.5) is 11.4 Å². The van der Waals surface area contributed by atoms with Crippen molar-refractivity contribution < 1.29 is 22.7 Å². The van der Waals surface area contributed by atoms with Crippen LogP contribution in [0.25, 0.3) is 0 Å². The molecule has 4 aromatic rings. The summed E-state index contributed by atoms with van der Waals surface area (Å²) in [5.41, 5.74) is 1.60. The van der Waals surface area contributed by atoms with Gasteiger partial charge in [-0.25, -0.2) is 8.42 Å². The number of benzene rings is 4. The number of para-hydroxylation sites is 2. The fraction of sp³-hybridized carbons (Fsp3) is 0.107. The van der Waals surface area contributed by atoms with Crippen molar-refractivity contribution in [2.75, 3.05) is 23.3 Å². The first kappa shape index (κ1) is 26.1. The van der Waals surface area contributed by atoms with Gasteiger partial charge in [0.15, 0.2) is 17.2 Å². The van der Waals surface area contributed by atoms with Crippen LogP contribution in [0.5, 0.6) is 17.2 Å². The Bertz CT molecular complexity index is 1490. The van der Waals surface area contributed by atoms with Gasteiger partial charge >= 0.3 is 0 Å². The Kier molecular flexibility index (Phi) is 8.01. The second-order valence-electron chi connectivity index (χ2n) is 8.10. The number of amides is 1. The average Bonchev–Trinajstić information content (AvgIpc) is 2.90. The standard InChI is InChI=1S/C28H25ClN2O5S/c1-20-12-15-22(16-13-20)31(37(33,34)23-8-4-3-5-9-23)19-28(32)30-24-18-21(29)14-17-25(24)36-27-11-7-6-10-26(27)35-2/h3-18H,19H2,1-2H3,(H,30,32). The van der Waals surface area contributed by atoms with Crippen molar-refractivity contribution in [3.63, 3.8) is 0 Å². The predicted molar refractivity (Wildman–Crippen MR) is 145 cm³/mol. The van der Waals surface area contributed by atoms with Crippen molar-refractivity contribution in [1.29, 1.82) is 0 Å². The van der Waals surface area contributed by atoms with Gasteiger partial charge in [0.2, 0.25) is 5.91 Å². The molecule has 190 valence electrons. The number of aryl methyl sites for hydroxylation is 1. The molecular weight excluding hydrogens is 512 g/mol. The summed E-state index contributed by atoms with van der Waals surface area (Å²) in [6.07, 6.45) is 0. The van der Waals surface area contributed by atoms with Crippen molar-refractivity contribution >= 4 is 38.9 Å². The zero-order valence-corrected chi connectivity index (χ0v) is 21.8. The minimum atomic E-state index is -4.03. The van der Waals surface area contributed by atoms with Crippen LogP contribution in [-0.2, 0) is 14.8 Å². The highest BCUT2D eigenvalue weighted by Crippen LogP contribution is 2.36. The number of halogens is 1. The highest BCUT2D eigenvalue weighted by Gasteiger charge is 2.27. The van der Waals surface area contributed by atoms with Crippen LogP contribution in [0, 0.1) is 6.92 Å². The summed E-state index contributed by atoms with van der Waals surface area (Å²) in [5.74, 6) is 0.687. The van der Waals surface area contributed by atoms with E-state index in [2.05, 4.69) is 5.32 Å². The molecule has 0 heterocycles. The SMILES string of the molecule is COc1ccccc1Oc1ccc(Cl)cc1NC(=O)CN(c1ccc(C)cc1)S(=O)(=O)c1ccccc1. The van der Waals surface area contributed by atoms with Crippen molar-refractivity contribution in [3.8, 4) is 17.2 Å². The van der Waals surface area contributed by atoms with E-state index in [9.17, 15) is 13.2 Å². The number of methoxy groups -OCH3 is 1. The van der Waals surface area contributed by atoms with E-state index in [-0.39, 0.29) is 10.6 Å². The number of nitrogens with zero attached hydrogens (tertiary/aromatic N) is 1. The molecule has 0 aliphatic rings. The van der Waals surface area contributed by atoms with E-state index in [4.69, 9.17) is 21.1 Å². The lowest BCUT2D eigenvalue weighted by molar-refractivity contribution is -0.114. The van der Waals surface area contributed by atoms with E-state index >= 15 is 0 Å². The molecule has 4 rings (SSSR count). The summed E-state index contributed by atoms with van der Waals surface area (Å²) >= 11 is 6.19. The number of hydrogen-bond acceptors (Lipinski definition) is 5. The van der Waals surface area contributed by atoms with E-state index in [0.29, 0.717) is 28.0 Å². The molecule has 0 radical (unpaired) electrons. The molecule has 7 nitrogen and oxygen atoms in total. The first-order valence-corrected chi connectivity index (χ1v) is 13.1. The zero-order chi connectivity index (χ0) is 26.4. The van der Waals surface area contributed by atoms with Gasteiger partial charge in [0, 0.05) is 5.02 Å². The van der Waals surface area contributed by atoms with Crippen molar-refractivity contribution in [3.05, 3.63) is 108 Å². The maximum absolute atomic E-state index is 13.5. The summed E-state index contributed by atoms with van der Waals surface area (Å²) in [6, 6.07) is 26.7. The number of sulfonamides is 1. The Hall–Kier alpha value is -4.01. The molecule has 0 saturated carbocycles. The van der Waals surface area contributed by atoms with Gasteiger partial charge in [-0.05, 0) is 61.5 Å². The van der Waals surface area contributed by atoms with Crippen LogP contribution >= 0.6 is 11.6 Å². The quantitative estimate of drug-likeness (QED) is 0.272. The van der Waals surface area contributed by atoms with Crippen LogP contribution < -0.4 is 19.1 Å². The number of carbonyl (C=O) groups is 1. The van der Waals surface area contributed by atoms with Crippen LogP contribution in [0.2, 0.25) is 5.02 Å². The third-order valence-corrected chi connectivity index (χ3v) is 7.47. The first-order valence-electron chi connectivity index (χ1n) is 11.3. The normalized spacial score (nSPS) is 11.0. The Morgan fingerprint density at radius 3 is 2.19 bits per heavy atom. The Morgan fingerprint density at radius 1 is 0.865 bits per heavy atom. The third-order valence-electron chi connectivity index (χ3n) is 5.45.